The molecular formula is C36H42N2+2. The number of benzene rings is 4. The lowest BCUT2D eigenvalue weighted by Gasteiger charge is -2.60. The molecule has 1 aliphatic heterocycles. The van der Waals surface area contributed by atoms with Crippen LogP contribution in [0.1, 0.15) is 47.9 Å². The van der Waals surface area contributed by atoms with Gasteiger partial charge in [-0.25, -0.2) is 0 Å². The van der Waals surface area contributed by atoms with Gasteiger partial charge in [0.05, 0.1) is 0 Å². The van der Waals surface area contributed by atoms with E-state index in [1.807, 2.05) is 0 Å². The molecule has 0 spiro atoms. The summed E-state index contributed by atoms with van der Waals surface area (Å²) in [7, 11) is 0. The van der Waals surface area contributed by atoms with Gasteiger partial charge < -0.3 is 8.97 Å². The fraction of sp³-hybridized carbons (Fsp3) is 0.333. The van der Waals surface area contributed by atoms with Crippen molar-refractivity contribution in [1.29, 1.82) is 0 Å². The van der Waals surface area contributed by atoms with E-state index < -0.39 is 0 Å². The van der Waals surface area contributed by atoms with Crippen LogP contribution in [0, 0.1) is 0 Å². The molecule has 0 radical (unpaired) electrons. The zero-order chi connectivity index (χ0) is 25.7. The molecule has 2 heteroatoms. The minimum Gasteiger partial charge on any atom is -0.304 e. The van der Waals surface area contributed by atoms with Gasteiger partial charge in [-0.3, -0.25) is 0 Å². The first kappa shape index (κ1) is 25.1. The van der Waals surface area contributed by atoms with Crippen molar-refractivity contribution in [2.45, 2.75) is 63.9 Å². The molecule has 0 bridgehead atoms. The van der Waals surface area contributed by atoms with Gasteiger partial charge in [-0.15, -0.1) is 0 Å². The number of fused-ring (bicyclic) bond motifs is 1. The highest BCUT2D eigenvalue weighted by Gasteiger charge is 2.57. The average molecular weight is 503 g/mol. The quantitative estimate of drug-likeness (QED) is 0.216. The summed E-state index contributed by atoms with van der Waals surface area (Å²) in [6.07, 6.45) is 5.41. The fourth-order valence-electron chi connectivity index (χ4n) is 7.78. The van der Waals surface area contributed by atoms with Crippen molar-refractivity contribution in [3.05, 3.63) is 144 Å². The van der Waals surface area contributed by atoms with Gasteiger partial charge in [-0.05, 0) is 12.8 Å². The normalized spacial score (nSPS) is 21.9. The minimum atomic E-state index is 0.672. The topological polar surface area (TPSA) is 0 Å². The molecule has 6 rings (SSSR count). The van der Waals surface area contributed by atoms with Crippen LogP contribution in [0.15, 0.2) is 121 Å². The molecule has 1 saturated carbocycles. The smallest absolute Gasteiger partial charge is 0.142 e. The summed E-state index contributed by atoms with van der Waals surface area (Å²) in [5.74, 6) is 0. The second kappa shape index (κ2) is 11.3. The Morgan fingerprint density at radius 3 is 0.921 bits per heavy atom. The van der Waals surface area contributed by atoms with Crippen LogP contribution in [0.5, 0.6) is 0 Å². The van der Waals surface area contributed by atoms with E-state index in [2.05, 4.69) is 121 Å². The van der Waals surface area contributed by atoms with Gasteiger partial charge in [0.25, 0.3) is 0 Å². The molecule has 4 aromatic rings. The zero-order valence-corrected chi connectivity index (χ0v) is 22.7. The number of rotatable bonds is 8. The maximum Gasteiger partial charge on any atom is 0.142 e. The second-order valence-electron chi connectivity index (χ2n) is 11.9. The van der Waals surface area contributed by atoms with E-state index in [0.717, 1.165) is 26.2 Å². The van der Waals surface area contributed by atoms with Gasteiger partial charge in [-0.1, -0.05) is 121 Å². The summed E-state index contributed by atoms with van der Waals surface area (Å²) < 4.78 is 2.39. The van der Waals surface area contributed by atoms with Crippen LogP contribution in [0.25, 0.3) is 0 Å². The molecule has 2 unspecified atom stereocenters. The second-order valence-corrected chi connectivity index (χ2v) is 11.9. The third kappa shape index (κ3) is 5.34. The number of hydrogen-bond acceptors (Lipinski definition) is 0. The third-order valence-corrected chi connectivity index (χ3v) is 9.45. The summed E-state index contributed by atoms with van der Waals surface area (Å²) in [5, 5.41) is 0. The van der Waals surface area contributed by atoms with Crippen LogP contribution >= 0.6 is 0 Å². The first-order chi connectivity index (χ1) is 18.7. The summed E-state index contributed by atoms with van der Waals surface area (Å²) in [6, 6.07) is 46.6. The summed E-state index contributed by atoms with van der Waals surface area (Å²) >= 11 is 0. The van der Waals surface area contributed by atoms with Crippen LogP contribution in [0.4, 0.5) is 0 Å². The van der Waals surface area contributed by atoms with Crippen molar-refractivity contribution in [2.24, 2.45) is 0 Å². The molecule has 4 aromatic carbocycles. The lowest BCUT2D eigenvalue weighted by molar-refractivity contribution is -1.09. The predicted octanol–water partition coefficient (Wildman–Crippen LogP) is 7.75. The van der Waals surface area contributed by atoms with Crippen molar-refractivity contribution in [3.63, 3.8) is 0 Å². The van der Waals surface area contributed by atoms with E-state index in [0.29, 0.717) is 12.1 Å². The number of nitrogens with zero attached hydrogens (tertiary/aromatic N) is 2. The Labute approximate surface area is 229 Å². The lowest BCUT2D eigenvalue weighted by atomic mass is 9.80. The van der Waals surface area contributed by atoms with E-state index >= 15 is 0 Å². The maximum absolute atomic E-state index is 2.35. The van der Waals surface area contributed by atoms with E-state index in [1.165, 1.54) is 70.0 Å². The first-order valence-electron chi connectivity index (χ1n) is 14.6. The van der Waals surface area contributed by atoms with Crippen LogP contribution in [0.2, 0.25) is 0 Å². The van der Waals surface area contributed by atoms with Crippen LogP contribution in [-0.2, 0) is 26.2 Å². The molecule has 1 saturated heterocycles. The summed E-state index contributed by atoms with van der Waals surface area (Å²) in [5.41, 5.74) is 5.94. The van der Waals surface area contributed by atoms with Crippen molar-refractivity contribution in [2.75, 3.05) is 13.1 Å². The highest BCUT2D eigenvalue weighted by atomic mass is 15.5. The Balaban J connectivity index is 1.42. The minimum absolute atomic E-state index is 0.672. The number of piperazine rings is 1. The Bertz CT molecular complexity index is 1080. The van der Waals surface area contributed by atoms with Gasteiger partial charge in [0.1, 0.15) is 51.4 Å². The van der Waals surface area contributed by atoms with E-state index in [1.54, 1.807) is 0 Å². The molecule has 1 heterocycles. The Hall–Kier alpha value is -3.20. The van der Waals surface area contributed by atoms with Gasteiger partial charge in [0, 0.05) is 35.1 Å². The third-order valence-electron chi connectivity index (χ3n) is 9.45. The van der Waals surface area contributed by atoms with Gasteiger partial charge >= 0.3 is 0 Å². The molecule has 2 atom stereocenters. The molecular weight excluding hydrogens is 460 g/mol. The van der Waals surface area contributed by atoms with Crippen LogP contribution < -0.4 is 0 Å². The van der Waals surface area contributed by atoms with Gasteiger partial charge in [0.15, 0.2) is 0 Å². The van der Waals surface area contributed by atoms with Crippen LogP contribution in [-0.4, -0.2) is 34.1 Å². The highest BCUT2D eigenvalue weighted by molar-refractivity contribution is 5.18. The van der Waals surface area contributed by atoms with Gasteiger partial charge in [-0.2, -0.15) is 0 Å². The van der Waals surface area contributed by atoms with Crippen molar-refractivity contribution in [3.8, 4) is 0 Å². The maximum atomic E-state index is 2.35. The monoisotopic (exact) mass is 502 g/mol. The molecule has 194 valence electrons. The Morgan fingerprint density at radius 1 is 0.395 bits per heavy atom. The molecule has 2 nitrogen and oxygen atoms in total. The van der Waals surface area contributed by atoms with E-state index in [-0.39, 0.29) is 0 Å². The SMILES string of the molecule is c1ccc(C[N+]2(Cc3ccccc3)CC[N+](Cc3ccccc3)(Cc3ccccc3)C3CCCCC32)cc1. The van der Waals surface area contributed by atoms with Crippen molar-refractivity contribution < 1.29 is 8.97 Å². The molecule has 0 amide bonds. The number of hydrogen-bond donors (Lipinski definition) is 0. The standard InChI is InChI=1S/C36H42N2/c1-5-15-31(16-6-1)27-37(28-32-17-7-2-8-18-32)25-26-38(29-33-19-9-3-10-20-33,30-34-21-11-4-12-22-34)36-24-14-13-23-35(36)37/h1-12,15-22,35-36H,13-14,23-30H2/q+2. The Morgan fingerprint density at radius 2 is 0.658 bits per heavy atom. The molecule has 1 aliphatic carbocycles. The summed E-state index contributed by atoms with van der Waals surface area (Å²) in [4.78, 5) is 0. The Kier molecular flexibility index (Phi) is 7.44. The predicted molar refractivity (Wildman–Crippen MR) is 157 cm³/mol. The molecule has 0 aromatic heterocycles. The van der Waals surface area contributed by atoms with Crippen LogP contribution in [0.3, 0.4) is 0 Å². The fourth-order valence-corrected chi connectivity index (χ4v) is 7.78. The first-order valence-corrected chi connectivity index (χ1v) is 14.6. The lowest BCUT2D eigenvalue weighted by Crippen LogP contribution is -2.75. The van der Waals surface area contributed by atoms with E-state index in [4.69, 9.17) is 0 Å². The highest BCUT2D eigenvalue weighted by Crippen LogP contribution is 2.44. The van der Waals surface area contributed by atoms with E-state index in [9.17, 15) is 0 Å². The average Bonchev–Trinajstić information content (AvgIpc) is 2.98. The largest absolute Gasteiger partial charge is 0.304 e. The zero-order valence-electron chi connectivity index (χ0n) is 22.7. The molecule has 2 fully saturated rings. The summed E-state index contributed by atoms with van der Waals surface area (Å²) in [6.45, 7) is 6.98. The number of quaternary nitrogens is 2. The molecule has 0 N–H and O–H groups in total. The molecule has 2 aliphatic rings. The van der Waals surface area contributed by atoms with Crippen molar-refractivity contribution >= 4 is 0 Å². The molecule has 38 heavy (non-hydrogen) atoms. The van der Waals surface area contributed by atoms with Crippen molar-refractivity contribution in [1.82, 2.24) is 0 Å². The van der Waals surface area contributed by atoms with Gasteiger partial charge in [0.2, 0.25) is 0 Å².